The molecule has 2 atom stereocenters. The molecule has 0 N–H and O–H groups in total. The molecule has 2 nitrogen and oxygen atoms in total. The lowest BCUT2D eigenvalue weighted by Gasteiger charge is -2.46. The van der Waals surface area contributed by atoms with Crippen molar-refractivity contribution in [3.8, 4) is 0 Å². The van der Waals surface area contributed by atoms with Crippen molar-refractivity contribution in [3.05, 3.63) is 11.1 Å². The van der Waals surface area contributed by atoms with Gasteiger partial charge in [-0.05, 0) is 49.1 Å². The largest absolute Gasteiger partial charge is 0.411 e. The molecule has 5 heteroatoms. The van der Waals surface area contributed by atoms with Gasteiger partial charge in [-0.2, -0.15) is 0 Å². The molecule has 0 aromatic heterocycles. The average molecular weight is 377 g/mol. The maximum absolute atomic E-state index is 6.70. The van der Waals surface area contributed by atoms with Gasteiger partial charge in [-0.1, -0.05) is 59.2 Å². The molecule has 0 saturated heterocycles. The summed E-state index contributed by atoms with van der Waals surface area (Å²) in [5.74, 6) is 0. The van der Waals surface area contributed by atoms with Gasteiger partial charge in [0, 0.05) is 5.03 Å². The van der Waals surface area contributed by atoms with Crippen LogP contribution >= 0.6 is 11.6 Å². The maximum atomic E-state index is 6.70. The summed E-state index contributed by atoms with van der Waals surface area (Å²) in [6.45, 7) is 22.8. The van der Waals surface area contributed by atoms with E-state index in [4.69, 9.17) is 20.5 Å². The van der Waals surface area contributed by atoms with Gasteiger partial charge in [0.2, 0.25) is 0 Å². The predicted octanol–water partition coefficient (Wildman–Crippen LogP) is 6.68. The Morgan fingerprint density at radius 2 is 1.35 bits per heavy atom. The van der Waals surface area contributed by atoms with Crippen LogP contribution in [0.1, 0.15) is 54.4 Å². The van der Waals surface area contributed by atoms with Gasteiger partial charge in [0.05, 0.1) is 6.10 Å². The lowest BCUT2D eigenvalue weighted by Crippen LogP contribution is -2.52. The fourth-order valence-corrected chi connectivity index (χ4v) is 5.12. The minimum Gasteiger partial charge on any atom is -0.411 e. The van der Waals surface area contributed by atoms with E-state index >= 15 is 0 Å². The lowest BCUT2D eigenvalue weighted by atomic mass is 10.0. The van der Waals surface area contributed by atoms with E-state index in [-0.39, 0.29) is 22.3 Å². The number of hydrogen-bond acceptors (Lipinski definition) is 2. The first-order chi connectivity index (χ1) is 10.1. The molecule has 0 aliphatic heterocycles. The van der Waals surface area contributed by atoms with Crippen LogP contribution in [0.4, 0.5) is 0 Å². The van der Waals surface area contributed by atoms with Gasteiger partial charge in [0.25, 0.3) is 0 Å². The number of hydrogen-bond donors (Lipinski definition) is 0. The molecular formula is C18H37ClO2Si2. The quantitative estimate of drug-likeness (QED) is 0.509. The topological polar surface area (TPSA) is 18.5 Å². The molecular weight excluding hydrogens is 340 g/mol. The molecule has 0 aromatic rings. The Bertz CT molecular complexity index is 445. The molecule has 0 aromatic carbocycles. The highest BCUT2D eigenvalue weighted by Crippen LogP contribution is 2.43. The van der Waals surface area contributed by atoms with Crippen LogP contribution in [0, 0.1) is 0 Å². The normalized spacial score (nSPS) is 24.6. The van der Waals surface area contributed by atoms with Crippen LogP contribution < -0.4 is 0 Å². The number of allylic oxidation sites excluding steroid dienone is 1. The monoisotopic (exact) mass is 376 g/mol. The van der Waals surface area contributed by atoms with Crippen molar-refractivity contribution < 1.29 is 8.85 Å². The Labute approximate surface area is 151 Å². The Hall–Kier alpha value is 0.384. The van der Waals surface area contributed by atoms with Crippen LogP contribution in [0.25, 0.3) is 0 Å². The van der Waals surface area contributed by atoms with Gasteiger partial charge in [-0.25, -0.2) is 0 Å². The van der Waals surface area contributed by atoms with Gasteiger partial charge in [-0.3, -0.25) is 0 Å². The van der Waals surface area contributed by atoms with Crippen molar-refractivity contribution in [2.45, 2.75) is 103 Å². The van der Waals surface area contributed by atoms with E-state index in [1.165, 1.54) is 0 Å². The molecule has 0 fully saturated rings. The molecule has 1 rings (SSSR count). The zero-order chi connectivity index (χ0) is 18.3. The fourth-order valence-electron chi connectivity index (χ4n) is 2.13. The molecule has 0 spiro atoms. The molecule has 0 amide bonds. The van der Waals surface area contributed by atoms with Crippen LogP contribution in [0.15, 0.2) is 11.1 Å². The second-order valence-electron chi connectivity index (χ2n) is 9.88. The Balaban J connectivity index is 3.02. The molecule has 1 aliphatic rings. The van der Waals surface area contributed by atoms with Crippen LogP contribution in [0.5, 0.6) is 0 Å². The first kappa shape index (κ1) is 21.4. The lowest BCUT2D eigenvalue weighted by molar-refractivity contribution is 0.0506. The van der Waals surface area contributed by atoms with Crippen molar-refractivity contribution >= 4 is 28.2 Å². The van der Waals surface area contributed by atoms with Gasteiger partial charge in [0.1, 0.15) is 6.10 Å². The van der Waals surface area contributed by atoms with Crippen molar-refractivity contribution in [1.82, 2.24) is 0 Å². The summed E-state index contributed by atoms with van der Waals surface area (Å²) in [4.78, 5) is 0. The van der Waals surface area contributed by atoms with Gasteiger partial charge >= 0.3 is 0 Å². The maximum Gasteiger partial charge on any atom is 0.193 e. The number of rotatable bonds is 4. The summed E-state index contributed by atoms with van der Waals surface area (Å²) in [5, 5.41) is 1.20. The van der Waals surface area contributed by atoms with E-state index in [2.05, 4.69) is 73.8 Å². The first-order valence-electron chi connectivity index (χ1n) is 8.80. The Morgan fingerprint density at radius 1 is 0.913 bits per heavy atom. The van der Waals surface area contributed by atoms with E-state index in [1.54, 1.807) is 0 Å². The van der Waals surface area contributed by atoms with Crippen molar-refractivity contribution in [2.24, 2.45) is 0 Å². The smallest absolute Gasteiger partial charge is 0.193 e. The summed E-state index contributed by atoms with van der Waals surface area (Å²) < 4.78 is 13.4. The highest BCUT2D eigenvalue weighted by molar-refractivity contribution is 6.74. The summed E-state index contributed by atoms with van der Waals surface area (Å²) in [6, 6.07) is 0. The molecule has 23 heavy (non-hydrogen) atoms. The zero-order valence-corrected chi connectivity index (χ0v) is 19.6. The summed E-state index contributed by atoms with van der Waals surface area (Å²) >= 11 is 6.57. The molecule has 1 aliphatic carbocycles. The van der Waals surface area contributed by atoms with Crippen molar-refractivity contribution in [2.75, 3.05) is 0 Å². The fraction of sp³-hybridized carbons (Fsp3) is 0.889. The summed E-state index contributed by atoms with van der Waals surface area (Å²) in [5.41, 5.74) is 0. The highest BCUT2D eigenvalue weighted by Gasteiger charge is 2.45. The van der Waals surface area contributed by atoms with Gasteiger partial charge in [0.15, 0.2) is 16.6 Å². The van der Waals surface area contributed by atoms with E-state index in [9.17, 15) is 0 Å². The SMILES string of the molecule is CC(C)(C)[Si](C)(C)O[C@H]1CCC=C(Cl)[C@H]1O[Si](C)(C)C(C)(C)C. The zero-order valence-electron chi connectivity index (χ0n) is 16.8. The average Bonchev–Trinajstić information content (AvgIpc) is 2.30. The van der Waals surface area contributed by atoms with Crippen molar-refractivity contribution in [3.63, 3.8) is 0 Å². The van der Waals surface area contributed by atoms with E-state index in [0.717, 1.165) is 17.9 Å². The standard InChI is InChI=1S/C18H37ClO2Si2/c1-17(2,3)22(7,8)20-15-13-11-12-14(19)16(15)21-23(9,10)18(4,5)6/h12,15-16H,11,13H2,1-10H3/t15-,16+/m0/s1. The Kier molecular flexibility index (Phi) is 6.47. The highest BCUT2D eigenvalue weighted by atomic mass is 35.5. The third kappa shape index (κ3) is 5.18. The Morgan fingerprint density at radius 3 is 1.78 bits per heavy atom. The van der Waals surface area contributed by atoms with E-state index in [0.29, 0.717) is 0 Å². The van der Waals surface area contributed by atoms with Gasteiger partial charge in [-0.15, -0.1) is 0 Å². The predicted molar refractivity (Wildman–Crippen MR) is 107 cm³/mol. The summed E-state index contributed by atoms with van der Waals surface area (Å²) in [7, 11) is -3.72. The van der Waals surface area contributed by atoms with E-state index < -0.39 is 16.6 Å². The first-order valence-corrected chi connectivity index (χ1v) is 15.0. The molecule has 0 unspecified atom stereocenters. The van der Waals surface area contributed by atoms with Crippen molar-refractivity contribution in [1.29, 1.82) is 0 Å². The van der Waals surface area contributed by atoms with Gasteiger partial charge < -0.3 is 8.85 Å². The minimum absolute atomic E-state index is 0.0857. The minimum atomic E-state index is -1.89. The molecule has 136 valence electrons. The molecule has 0 bridgehead atoms. The van der Waals surface area contributed by atoms with Crippen LogP contribution in [-0.2, 0) is 8.85 Å². The number of halogens is 1. The third-order valence-electron chi connectivity index (χ3n) is 5.88. The van der Waals surface area contributed by atoms with Crippen LogP contribution in [-0.4, -0.2) is 28.8 Å². The third-order valence-corrected chi connectivity index (χ3v) is 15.2. The molecule has 0 heterocycles. The molecule has 0 radical (unpaired) electrons. The second kappa shape index (κ2) is 6.95. The van der Waals surface area contributed by atoms with Crippen LogP contribution in [0.2, 0.25) is 36.3 Å². The second-order valence-corrected chi connectivity index (χ2v) is 19.8. The van der Waals surface area contributed by atoms with Crippen LogP contribution in [0.3, 0.4) is 0 Å². The van der Waals surface area contributed by atoms with E-state index in [1.807, 2.05) is 0 Å². The summed E-state index contributed by atoms with van der Waals surface area (Å²) in [6.07, 6.45) is 4.09. The molecule has 0 saturated carbocycles.